The van der Waals surface area contributed by atoms with Gasteiger partial charge < -0.3 is 9.84 Å². The van der Waals surface area contributed by atoms with Gasteiger partial charge in [0.25, 0.3) is 0 Å². The highest BCUT2D eigenvalue weighted by Gasteiger charge is 2.26. The first-order chi connectivity index (χ1) is 10.2. The quantitative estimate of drug-likeness (QED) is 0.789. The van der Waals surface area contributed by atoms with Crippen LogP contribution in [0.15, 0.2) is 18.5 Å². The van der Waals surface area contributed by atoms with Crippen LogP contribution < -0.4 is 0 Å². The predicted molar refractivity (Wildman–Crippen MR) is 74.5 cm³/mol. The second kappa shape index (κ2) is 6.33. The van der Waals surface area contributed by atoms with Crippen LogP contribution in [0.5, 0.6) is 0 Å². The lowest BCUT2D eigenvalue weighted by molar-refractivity contribution is -0.0473. The molecule has 0 spiro atoms. The Morgan fingerprint density at radius 2 is 2.43 bits per heavy atom. The van der Waals surface area contributed by atoms with E-state index in [2.05, 4.69) is 25.2 Å². The average molecular weight is 292 g/mol. The molecule has 2 atom stereocenters. The molecule has 0 radical (unpaired) electrons. The molecule has 3 heterocycles. The molecule has 2 aromatic rings. The van der Waals surface area contributed by atoms with E-state index < -0.39 is 6.10 Å². The van der Waals surface area contributed by atoms with Gasteiger partial charge in [0.15, 0.2) is 5.82 Å². The van der Waals surface area contributed by atoms with Crippen molar-refractivity contribution in [3.05, 3.63) is 30.1 Å². The number of H-pyrrole nitrogens is 1. The first kappa shape index (κ1) is 14.2. The molecule has 3 rings (SSSR count). The number of nitrogens with zero attached hydrogens (tertiary/aromatic N) is 5. The second-order valence-electron chi connectivity index (χ2n) is 5.28. The highest BCUT2D eigenvalue weighted by molar-refractivity contribution is 4.95. The molecule has 0 aromatic carbocycles. The third-order valence-electron chi connectivity index (χ3n) is 3.48. The van der Waals surface area contributed by atoms with Crippen LogP contribution in [-0.4, -0.2) is 67.3 Å². The van der Waals surface area contributed by atoms with Crippen molar-refractivity contribution in [1.82, 2.24) is 29.9 Å². The number of aryl methyl sites for hydroxylation is 1. The van der Waals surface area contributed by atoms with Crippen LogP contribution in [0.2, 0.25) is 0 Å². The van der Waals surface area contributed by atoms with Gasteiger partial charge in [0, 0.05) is 32.0 Å². The number of aliphatic hydroxyl groups excluding tert-OH is 1. The minimum Gasteiger partial charge on any atom is -0.390 e. The lowest BCUT2D eigenvalue weighted by Gasteiger charge is -2.32. The Labute approximate surface area is 122 Å². The monoisotopic (exact) mass is 292 g/mol. The predicted octanol–water partition coefficient (Wildman–Crippen LogP) is -0.256. The maximum absolute atomic E-state index is 10.2. The van der Waals surface area contributed by atoms with Crippen molar-refractivity contribution >= 4 is 0 Å². The van der Waals surface area contributed by atoms with E-state index in [1.54, 1.807) is 10.9 Å². The summed E-state index contributed by atoms with van der Waals surface area (Å²) in [6, 6.07) is 1.85. The van der Waals surface area contributed by atoms with Crippen LogP contribution in [0.4, 0.5) is 0 Å². The molecule has 0 saturated carbocycles. The molecule has 0 amide bonds. The minimum atomic E-state index is -0.461. The smallest absolute Gasteiger partial charge is 0.180 e. The van der Waals surface area contributed by atoms with E-state index in [-0.39, 0.29) is 6.10 Å². The average Bonchev–Trinajstić information content (AvgIpc) is 3.10. The van der Waals surface area contributed by atoms with Crippen LogP contribution in [-0.2, 0) is 11.3 Å². The maximum Gasteiger partial charge on any atom is 0.180 e. The normalized spacial score (nSPS) is 21.5. The van der Waals surface area contributed by atoms with Gasteiger partial charge in [-0.2, -0.15) is 10.2 Å². The summed E-state index contributed by atoms with van der Waals surface area (Å²) in [6.07, 6.45) is 2.96. The number of rotatable bonds is 5. The van der Waals surface area contributed by atoms with E-state index in [1.807, 2.05) is 19.2 Å². The standard InChI is InChI=1S/C13H20N6O2/c1-10-15-13(17-16-10)12-9-18(5-6-21-12)7-11(20)8-19-4-2-3-14-19/h2-4,11-12,20H,5-9H2,1H3,(H,15,16,17)/t11-,12-/m0/s1. The number of ether oxygens (including phenoxy) is 1. The van der Waals surface area contributed by atoms with Gasteiger partial charge in [0.05, 0.1) is 19.3 Å². The number of nitrogens with one attached hydrogen (secondary N) is 1. The first-order valence-electron chi connectivity index (χ1n) is 7.09. The molecule has 1 aliphatic heterocycles. The van der Waals surface area contributed by atoms with Crippen molar-refractivity contribution in [2.45, 2.75) is 25.7 Å². The second-order valence-corrected chi connectivity index (χ2v) is 5.28. The van der Waals surface area contributed by atoms with E-state index >= 15 is 0 Å². The third kappa shape index (κ3) is 3.66. The number of morpholine rings is 1. The number of hydrogen-bond acceptors (Lipinski definition) is 6. The van der Waals surface area contributed by atoms with Crippen LogP contribution >= 0.6 is 0 Å². The Morgan fingerprint density at radius 1 is 1.52 bits per heavy atom. The molecule has 8 heteroatoms. The Morgan fingerprint density at radius 3 is 3.14 bits per heavy atom. The maximum atomic E-state index is 10.2. The molecule has 0 unspecified atom stereocenters. The van der Waals surface area contributed by atoms with Crippen molar-refractivity contribution < 1.29 is 9.84 Å². The number of β-amino-alcohol motifs (C(OH)–C–C–N with tert-alkyl or cyclic N) is 1. The molecule has 1 saturated heterocycles. The van der Waals surface area contributed by atoms with Gasteiger partial charge in [0.1, 0.15) is 11.9 Å². The van der Waals surface area contributed by atoms with Gasteiger partial charge in [-0.25, -0.2) is 4.98 Å². The third-order valence-corrected chi connectivity index (χ3v) is 3.48. The van der Waals surface area contributed by atoms with Gasteiger partial charge >= 0.3 is 0 Å². The Kier molecular flexibility index (Phi) is 4.28. The van der Waals surface area contributed by atoms with E-state index in [9.17, 15) is 5.11 Å². The molecule has 1 fully saturated rings. The summed E-state index contributed by atoms with van der Waals surface area (Å²) in [5, 5.41) is 21.2. The zero-order chi connectivity index (χ0) is 14.7. The molecular formula is C13H20N6O2. The fourth-order valence-electron chi connectivity index (χ4n) is 2.51. The highest BCUT2D eigenvalue weighted by atomic mass is 16.5. The Balaban J connectivity index is 1.53. The van der Waals surface area contributed by atoms with E-state index in [1.165, 1.54) is 0 Å². The van der Waals surface area contributed by atoms with E-state index in [0.29, 0.717) is 32.1 Å². The van der Waals surface area contributed by atoms with Crippen LogP contribution in [0.25, 0.3) is 0 Å². The van der Waals surface area contributed by atoms with Gasteiger partial charge in [-0.3, -0.25) is 14.7 Å². The molecular weight excluding hydrogens is 272 g/mol. The van der Waals surface area contributed by atoms with E-state index in [0.717, 1.165) is 12.4 Å². The summed E-state index contributed by atoms with van der Waals surface area (Å²) >= 11 is 0. The Bertz CT molecular complexity index is 555. The van der Waals surface area contributed by atoms with Crippen LogP contribution in [0, 0.1) is 6.92 Å². The molecule has 21 heavy (non-hydrogen) atoms. The SMILES string of the molecule is Cc1nc([C@@H]2CN(C[C@H](O)Cn3cccn3)CCO2)n[nH]1. The van der Waals surface area contributed by atoms with Crippen molar-refractivity contribution in [2.75, 3.05) is 26.2 Å². The van der Waals surface area contributed by atoms with Crippen LogP contribution in [0.1, 0.15) is 17.8 Å². The largest absolute Gasteiger partial charge is 0.390 e. The zero-order valence-electron chi connectivity index (χ0n) is 12.0. The molecule has 2 N–H and O–H groups in total. The van der Waals surface area contributed by atoms with Crippen molar-refractivity contribution in [3.63, 3.8) is 0 Å². The topological polar surface area (TPSA) is 92.1 Å². The minimum absolute atomic E-state index is 0.138. The first-order valence-corrected chi connectivity index (χ1v) is 7.09. The number of hydrogen-bond donors (Lipinski definition) is 2. The van der Waals surface area contributed by atoms with Crippen molar-refractivity contribution in [2.24, 2.45) is 0 Å². The summed E-state index contributed by atoms with van der Waals surface area (Å²) in [5.41, 5.74) is 0. The van der Waals surface area contributed by atoms with Gasteiger partial charge in [-0.15, -0.1) is 0 Å². The summed E-state index contributed by atoms with van der Waals surface area (Å²) < 4.78 is 7.45. The summed E-state index contributed by atoms with van der Waals surface area (Å²) in [7, 11) is 0. The summed E-state index contributed by atoms with van der Waals surface area (Å²) in [4.78, 5) is 6.49. The summed E-state index contributed by atoms with van der Waals surface area (Å²) in [5.74, 6) is 1.46. The lowest BCUT2D eigenvalue weighted by atomic mass is 10.2. The van der Waals surface area contributed by atoms with Gasteiger partial charge in [-0.1, -0.05) is 0 Å². The fourth-order valence-corrected chi connectivity index (χ4v) is 2.51. The number of aromatic amines is 1. The molecule has 8 nitrogen and oxygen atoms in total. The van der Waals surface area contributed by atoms with Gasteiger partial charge in [0.2, 0.25) is 0 Å². The van der Waals surface area contributed by atoms with Gasteiger partial charge in [-0.05, 0) is 13.0 Å². The zero-order valence-corrected chi connectivity index (χ0v) is 12.0. The fraction of sp³-hybridized carbons (Fsp3) is 0.615. The molecule has 114 valence electrons. The number of aliphatic hydroxyl groups is 1. The highest BCUT2D eigenvalue weighted by Crippen LogP contribution is 2.19. The summed E-state index contributed by atoms with van der Waals surface area (Å²) in [6.45, 7) is 5.05. The molecule has 1 aliphatic rings. The Hall–Kier alpha value is -1.77. The molecule has 0 aliphatic carbocycles. The number of aromatic nitrogens is 5. The lowest BCUT2D eigenvalue weighted by Crippen LogP contribution is -2.43. The van der Waals surface area contributed by atoms with Crippen molar-refractivity contribution in [1.29, 1.82) is 0 Å². The molecule has 0 bridgehead atoms. The molecule has 2 aromatic heterocycles. The van der Waals surface area contributed by atoms with Crippen LogP contribution in [0.3, 0.4) is 0 Å². The van der Waals surface area contributed by atoms with E-state index in [4.69, 9.17) is 4.74 Å². The van der Waals surface area contributed by atoms with Crippen molar-refractivity contribution in [3.8, 4) is 0 Å².